The molecule has 0 saturated heterocycles. The Balaban J connectivity index is 0.000000165. The standard InChI is InChI=1S/C34H33N5S2.C28H21N5S2.C24H21N5S2.C23H11N5S2/c1-32(2,3)20-12-25(33(4,5)6)29(26(13-20)34(7,8)9)39-27-16-23(14-21(18-35)37-10)40-30(27)31-28(39)17-24(41-31)15-22(19-36)38-11;1-16(2)22-8-7-9-23(17(3)4)26(22)33-24-12-20(10-18(14-29)31-5)34-27(24)28-25(33)13-21(35-28)11-19(15-30)32-6;1-5-7-8-16(6-2)15-29-21-11-19(9-17(13-25)27-3)30-23(21)24-22(29)12-20(31-24)10-18(14-26)28-4;1-26-16(12-24)8-18-10-20-22(29-18)23-21(11-19(30-23)9-17(13-25)27-2)28(20)14-15-6-4-3-5-7-15/h12-17H,1-9H3;7-13,16-17H,1-4H3;9-12,16H,5-8,15H2,1-2H3;3-11H,14H2/b21-14-,22-15+;18-10-,19-11+;17-9-,18-10+;16-8-,17-9+. The van der Waals surface area contributed by atoms with Crippen LogP contribution in [0.4, 0.5) is 0 Å². The molecule has 1 unspecified atom stereocenters. The molecular formula is C109H86N20S8. The van der Waals surface area contributed by atoms with Crippen molar-refractivity contribution in [3.8, 4) is 59.9 Å². The molecule has 0 fully saturated rings. The van der Waals surface area contributed by atoms with Gasteiger partial charge in [-0.2, -0.15) is 0 Å². The maximum atomic E-state index is 9.41. The lowest BCUT2D eigenvalue weighted by Crippen LogP contribution is -2.24. The lowest BCUT2D eigenvalue weighted by atomic mass is 9.74. The molecule has 15 rings (SSSR count). The molecule has 12 heterocycles. The Kier molecular flexibility index (Phi) is 31.5. The summed E-state index contributed by atoms with van der Waals surface area (Å²) in [5, 5.41) is 73.7. The monoisotopic (exact) mass is 1930 g/mol. The van der Waals surface area contributed by atoms with Crippen molar-refractivity contribution >= 4 is 221 Å². The van der Waals surface area contributed by atoms with Gasteiger partial charge in [0.2, 0.25) is 0 Å². The molecule has 3 aromatic carbocycles. The SMILES string of the molecule is [C-]#[N+]/C(C#N)=C\c1cc2c(s1)c1sc(/C=C(\C#N)[N+]#[C-])cc1n2-c1c(C(C)(C)C)cc(C(C)(C)C)cc1C(C)(C)C.[C-]#[N+]/C(C#N)=C\c1cc2c(s1)c1sc(/C=C(\C#N)[N+]#[C-])cc1n2-c1c(C(C)C)cccc1C(C)C.[C-]#[N+]/C(C#N)=C\c1cc2c(s1)c1sc(/C=C(\C#N)[N+]#[C-])cc1n2CC(CC)CCCC.[C-]#[N+]/C(C#N)=C\c1cc2c(s1)c1sc(/C=C(\C#N)[N+]#[C-])cc1n2Cc1ccccc1. The summed E-state index contributed by atoms with van der Waals surface area (Å²) in [6.45, 7) is 92.7. The number of nitrogens with zero attached hydrogens (tertiary/aromatic N) is 20. The number of rotatable bonds is 20. The predicted octanol–water partition coefficient (Wildman–Crippen LogP) is 33.3. The van der Waals surface area contributed by atoms with Crippen LogP contribution in [0.25, 0.3) is 180 Å². The van der Waals surface area contributed by atoms with Crippen LogP contribution in [-0.2, 0) is 29.3 Å². The van der Waals surface area contributed by atoms with Gasteiger partial charge >= 0.3 is 0 Å². The zero-order chi connectivity index (χ0) is 99.2. The Morgan fingerprint density at radius 3 is 0.825 bits per heavy atom. The summed E-state index contributed by atoms with van der Waals surface area (Å²) in [7, 11) is 0. The third kappa shape index (κ3) is 21.7. The number of hydrogen-bond acceptors (Lipinski definition) is 16. The lowest BCUT2D eigenvalue weighted by molar-refractivity contribution is 0.401. The van der Waals surface area contributed by atoms with E-state index in [1.807, 2.05) is 91.0 Å². The van der Waals surface area contributed by atoms with E-state index in [0.717, 1.165) is 151 Å². The number of unbranched alkanes of at least 4 members (excludes halogenated alkanes) is 1. The summed E-state index contributed by atoms with van der Waals surface area (Å²) < 4.78 is 17.8. The molecule has 0 aliphatic rings. The molecule has 0 aliphatic heterocycles. The first-order chi connectivity index (χ1) is 65.6. The van der Waals surface area contributed by atoms with Gasteiger partial charge in [-0.25, -0.2) is 80.9 Å². The second kappa shape index (κ2) is 43.1. The van der Waals surface area contributed by atoms with Crippen LogP contribution in [0.2, 0.25) is 0 Å². The van der Waals surface area contributed by atoms with Crippen molar-refractivity contribution in [2.24, 2.45) is 5.92 Å². The number of allylic oxidation sites excluding steroid dienone is 8. The highest BCUT2D eigenvalue weighted by Gasteiger charge is 2.34. The average Bonchev–Trinajstić information content (AvgIpc) is 1.59. The van der Waals surface area contributed by atoms with Crippen LogP contribution in [0.1, 0.15) is 214 Å². The smallest absolute Gasteiger partial charge is 0.263 e. The third-order valence-electron chi connectivity index (χ3n) is 22.5. The fourth-order valence-corrected chi connectivity index (χ4v) is 25.2. The highest BCUT2D eigenvalue weighted by molar-refractivity contribution is 7.30. The van der Waals surface area contributed by atoms with Crippen molar-refractivity contribution in [1.29, 1.82) is 42.1 Å². The predicted molar refractivity (Wildman–Crippen MR) is 568 cm³/mol. The Labute approximate surface area is 829 Å². The lowest BCUT2D eigenvalue weighted by Gasteiger charge is -2.34. The van der Waals surface area contributed by atoms with Gasteiger partial charge in [0.05, 0.1) is 194 Å². The number of thiophene rings is 8. The first-order valence-corrected chi connectivity index (χ1v) is 49.7. The summed E-state index contributed by atoms with van der Waals surface area (Å²) in [5.74, 6) is 1.16. The van der Waals surface area contributed by atoms with Gasteiger partial charge in [-0.15, -0.1) is 90.7 Å². The minimum atomic E-state index is -0.173. The van der Waals surface area contributed by atoms with Crippen LogP contribution >= 0.6 is 90.7 Å². The van der Waals surface area contributed by atoms with Crippen LogP contribution < -0.4 is 0 Å². The van der Waals surface area contributed by atoms with Crippen molar-refractivity contribution in [3.05, 3.63) is 319 Å². The Hall–Kier alpha value is -15.8. The average molecular weight is 1930 g/mol. The van der Waals surface area contributed by atoms with Gasteiger partial charge in [0.1, 0.15) is 0 Å². The van der Waals surface area contributed by atoms with Crippen LogP contribution in [0.5, 0.6) is 0 Å². The van der Waals surface area contributed by atoms with Gasteiger partial charge in [-0.1, -0.05) is 184 Å². The van der Waals surface area contributed by atoms with E-state index in [2.05, 4.69) is 228 Å². The number of nitriles is 8. The summed E-state index contributed by atoms with van der Waals surface area (Å²) in [4.78, 5) is 33.3. The van der Waals surface area contributed by atoms with E-state index in [9.17, 15) is 21.0 Å². The van der Waals surface area contributed by atoms with E-state index in [-0.39, 0.29) is 61.8 Å². The number of hydrogen-bond donors (Lipinski definition) is 0. The van der Waals surface area contributed by atoms with E-state index in [1.165, 1.54) is 69.8 Å². The summed E-state index contributed by atoms with van der Waals surface area (Å²) in [6, 6.07) is 53.2. The number of benzene rings is 3. The summed E-state index contributed by atoms with van der Waals surface area (Å²) in [6.07, 6.45) is 17.7. The summed E-state index contributed by atoms with van der Waals surface area (Å²) in [5.41, 5.74) is 18.1. The van der Waals surface area contributed by atoms with E-state index >= 15 is 0 Å². The van der Waals surface area contributed by atoms with Gasteiger partial charge < -0.3 is 18.3 Å². The summed E-state index contributed by atoms with van der Waals surface area (Å²) >= 11 is 12.4. The molecule has 0 bridgehead atoms. The van der Waals surface area contributed by atoms with Crippen LogP contribution in [-0.4, -0.2) is 18.3 Å². The maximum absolute atomic E-state index is 9.41. The highest BCUT2D eigenvalue weighted by Crippen LogP contribution is 2.51. The molecule has 0 spiro atoms. The van der Waals surface area contributed by atoms with Crippen molar-refractivity contribution < 1.29 is 0 Å². The van der Waals surface area contributed by atoms with Crippen molar-refractivity contribution in [2.75, 3.05) is 0 Å². The Bertz CT molecular complexity index is 7840. The normalized spacial score (nSPS) is 12.6. The second-order valence-electron chi connectivity index (χ2n) is 35.5. The largest absolute Gasteiger partial charge is 0.339 e. The molecule has 0 amide bonds. The van der Waals surface area contributed by atoms with Gasteiger partial charge in [0.25, 0.3) is 45.6 Å². The van der Waals surface area contributed by atoms with E-state index in [0.29, 0.717) is 24.3 Å². The maximum Gasteiger partial charge on any atom is 0.263 e. The molecule has 670 valence electrons. The van der Waals surface area contributed by atoms with Crippen molar-refractivity contribution in [3.63, 3.8) is 0 Å². The minimum Gasteiger partial charge on any atom is -0.339 e. The molecule has 20 nitrogen and oxygen atoms in total. The first-order valence-electron chi connectivity index (χ1n) is 43.2. The Morgan fingerprint density at radius 2 is 0.591 bits per heavy atom. The number of fused-ring (bicyclic) bond motifs is 12. The van der Waals surface area contributed by atoms with Crippen LogP contribution in [0.15, 0.2) is 155 Å². The number of aromatic nitrogens is 4. The van der Waals surface area contributed by atoms with Gasteiger partial charge in [-0.3, -0.25) is 0 Å². The third-order valence-corrected chi connectivity index (χ3v) is 31.7. The minimum absolute atomic E-state index is 0.0402. The first kappa shape index (κ1) is 100. The fraction of sp³-hybridized carbons (Fsp3) is 0.248. The van der Waals surface area contributed by atoms with Gasteiger partial charge in [0.15, 0.2) is 0 Å². The highest BCUT2D eigenvalue weighted by atomic mass is 32.1. The quantitative estimate of drug-likeness (QED) is 0.0523. The molecule has 28 heteroatoms. The molecule has 0 N–H and O–H groups in total. The van der Waals surface area contributed by atoms with E-state index < -0.39 is 0 Å². The second-order valence-corrected chi connectivity index (χ2v) is 44.1. The van der Waals surface area contributed by atoms with Crippen LogP contribution in [0, 0.1) is 149 Å². The molecule has 0 saturated carbocycles. The van der Waals surface area contributed by atoms with Gasteiger partial charge in [-0.05, 0) is 171 Å². The van der Waals surface area contributed by atoms with Crippen LogP contribution in [0.3, 0.4) is 0 Å². The number of para-hydroxylation sites is 1. The molecule has 0 radical (unpaired) electrons. The fourth-order valence-electron chi connectivity index (χ4n) is 15.9. The zero-order valence-corrected chi connectivity index (χ0v) is 84.2. The zero-order valence-electron chi connectivity index (χ0n) is 77.7. The van der Waals surface area contributed by atoms with E-state index in [4.69, 9.17) is 73.6 Å². The van der Waals surface area contributed by atoms with Gasteiger partial charge in [0, 0.05) is 52.1 Å². The molecule has 137 heavy (non-hydrogen) atoms. The van der Waals surface area contributed by atoms with Crippen molar-refractivity contribution in [1.82, 2.24) is 18.3 Å². The molecular weight excluding hydrogens is 1850 g/mol. The van der Waals surface area contributed by atoms with Crippen molar-refractivity contribution in [2.45, 2.75) is 171 Å². The molecule has 1 atom stereocenters. The molecule has 12 aromatic heterocycles. The Morgan fingerprint density at radius 1 is 0.336 bits per heavy atom. The molecule has 15 aromatic rings. The van der Waals surface area contributed by atoms with E-state index in [1.54, 1.807) is 117 Å². The topological polar surface area (TPSA) is 245 Å². The molecule has 0 aliphatic carbocycles.